The second-order valence-corrected chi connectivity index (χ2v) is 5.69. The molecule has 5 nitrogen and oxygen atoms in total. The Morgan fingerprint density at radius 1 is 1.30 bits per heavy atom. The molecule has 5 heteroatoms. The number of rotatable bonds is 4. The van der Waals surface area contributed by atoms with Crippen LogP contribution in [-0.2, 0) is 22.6 Å². The molecule has 0 fully saturated rings. The number of benzene rings is 1. The molecule has 23 heavy (non-hydrogen) atoms. The standard InChI is InChI=1S/C18H20N2O3/c1-3-20-16(21)10-13-6-4-5-7-15(13)17(20)18(22)19-11-14-9-8-12(2)23-14/h4-9,17H,3,10-11H2,1-2H3,(H,19,22)/t17-/m1/s1. The number of hydrogen-bond donors (Lipinski definition) is 1. The first kappa shape index (κ1) is 15.3. The predicted molar refractivity (Wildman–Crippen MR) is 85.6 cm³/mol. The molecule has 1 atom stereocenters. The van der Waals surface area contributed by atoms with E-state index in [1.54, 1.807) is 4.90 Å². The maximum atomic E-state index is 12.7. The summed E-state index contributed by atoms with van der Waals surface area (Å²) in [6.45, 7) is 4.57. The van der Waals surface area contributed by atoms with Crippen molar-refractivity contribution in [3.05, 3.63) is 59.0 Å². The van der Waals surface area contributed by atoms with Crippen LogP contribution in [-0.4, -0.2) is 23.3 Å². The predicted octanol–water partition coefficient (Wildman–Crippen LogP) is 2.35. The molecule has 120 valence electrons. The smallest absolute Gasteiger partial charge is 0.247 e. The van der Waals surface area contributed by atoms with Gasteiger partial charge >= 0.3 is 0 Å². The SMILES string of the molecule is CCN1C(=O)Cc2ccccc2[C@@H]1C(=O)NCc1ccc(C)o1. The zero-order valence-corrected chi connectivity index (χ0v) is 13.3. The van der Waals surface area contributed by atoms with E-state index < -0.39 is 6.04 Å². The van der Waals surface area contributed by atoms with Gasteiger partial charge in [0.05, 0.1) is 13.0 Å². The van der Waals surface area contributed by atoms with Gasteiger partial charge in [-0.25, -0.2) is 0 Å². The van der Waals surface area contributed by atoms with Gasteiger partial charge in [0.15, 0.2) is 0 Å². The minimum atomic E-state index is -0.575. The first-order valence-electron chi connectivity index (χ1n) is 7.80. The van der Waals surface area contributed by atoms with Gasteiger partial charge in [-0.15, -0.1) is 0 Å². The highest BCUT2D eigenvalue weighted by Gasteiger charge is 2.35. The van der Waals surface area contributed by atoms with E-state index in [0.29, 0.717) is 25.3 Å². The van der Waals surface area contributed by atoms with Crippen molar-refractivity contribution in [1.82, 2.24) is 10.2 Å². The van der Waals surface area contributed by atoms with Gasteiger partial charge in [-0.1, -0.05) is 24.3 Å². The molecule has 2 aromatic rings. The van der Waals surface area contributed by atoms with Crippen molar-refractivity contribution in [2.24, 2.45) is 0 Å². The van der Waals surface area contributed by atoms with Gasteiger partial charge in [-0.3, -0.25) is 9.59 Å². The van der Waals surface area contributed by atoms with Crippen LogP contribution in [0.4, 0.5) is 0 Å². The maximum absolute atomic E-state index is 12.7. The molecule has 0 saturated heterocycles. The van der Waals surface area contributed by atoms with Gasteiger partial charge in [-0.05, 0) is 37.1 Å². The lowest BCUT2D eigenvalue weighted by atomic mass is 9.91. The van der Waals surface area contributed by atoms with E-state index in [2.05, 4.69) is 5.32 Å². The van der Waals surface area contributed by atoms with Crippen molar-refractivity contribution >= 4 is 11.8 Å². The third-order valence-corrected chi connectivity index (χ3v) is 4.15. The number of furan rings is 1. The highest BCUT2D eigenvalue weighted by atomic mass is 16.3. The molecule has 0 aliphatic carbocycles. The fraction of sp³-hybridized carbons (Fsp3) is 0.333. The minimum absolute atomic E-state index is 0.0137. The van der Waals surface area contributed by atoms with Crippen molar-refractivity contribution in [2.75, 3.05) is 6.54 Å². The van der Waals surface area contributed by atoms with Crippen LogP contribution >= 0.6 is 0 Å². The molecule has 0 bridgehead atoms. The summed E-state index contributed by atoms with van der Waals surface area (Å²) in [5.74, 6) is 1.32. The molecule has 2 heterocycles. The quantitative estimate of drug-likeness (QED) is 0.942. The number of carbonyl (C=O) groups excluding carboxylic acids is 2. The number of amides is 2. The van der Waals surface area contributed by atoms with E-state index in [-0.39, 0.29) is 11.8 Å². The van der Waals surface area contributed by atoms with Crippen molar-refractivity contribution in [3.63, 3.8) is 0 Å². The number of aryl methyl sites for hydroxylation is 1. The maximum Gasteiger partial charge on any atom is 0.247 e. The molecule has 3 rings (SSSR count). The van der Waals surface area contributed by atoms with Crippen LogP contribution < -0.4 is 5.32 Å². The molecule has 1 aliphatic heterocycles. The van der Waals surface area contributed by atoms with Gasteiger partial charge < -0.3 is 14.6 Å². The highest BCUT2D eigenvalue weighted by molar-refractivity contribution is 5.92. The van der Waals surface area contributed by atoms with E-state index in [4.69, 9.17) is 4.42 Å². The summed E-state index contributed by atoms with van der Waals surface area (Å²) in [7, 11) is 0. The van der Waals surface area contributed by atoms with E-state index in [9.17, 15) is 9.59 Å². The third-order valence-electron chi connectivity index (χ3n) is 4.15. The summed E-state index contributed by atoms with van der Waals surface area (Å²) in [4.78, 5) is 26.6. The summed E-state index contributed by atoms with van der Waals surface area (Å²) < 4.78 is 5.47. The third kappa shape index (κ3) is 2.99. The molecule has 0 radical (unpaired) electrons. The largest absolute Gasteiger partial charge is 0.465 e. The van der Waals surface area contributed by atoms with Gasteiger partial charge in [0, 0.05) is 6.54 Å². The topological polar surface area (TPSA) is 62.6 Å². The Bertz CT molecular complexity index is 735. The van der Waals surface area contributed by atoms with Crippen LogP contribution in [0.1, 0.15) is 35.6 Å². The van der Waals surface area contributed by atoms with Gasteiger partial charge in [0.1, 0.15) is 17.6 Å². The molecular formula is C18H20N2O3. The lowest BCUT2D eigenvalue weighted by Gasteiger charge is -2.35. The Morgan fingerprint density at radius 2 is 2.09 bits per heavy atom. The zero-order chi connectivity index (χ0) is 16.4. The monoisotopic (exact) mass is 312 g/mol. The van der Waals surface area contributed by atoms with Gasteiger partial charge in [0.25, 0.3) is 0 Å². The van der Waals surface area contributed by atoms with Crippen LogP contribution in [0.2, 0.25) is 0 Å². The lowest BCUT2D eigenvalue weighted by molar-refractivity contribution is -0.141. The number of hydrogen-bond acceptors (Lipinski definition) is 3. The van der Waals surface area contributed by atoms with Crippen molar-refractivity contribution in [3.8, 4) is 0 Å². The molecular weight excluding hydrogens is 292 g/mol. The Balaban J connectivity index is 1.83. The summed E-state index contributed by atoms with van der Waals surface area (Å²) in [6, 6.07) is 10.8. The zero-order valence-electron chi connectivity index (χ0n) is 13.3. The summed E-state index contributed by atoms with van der Waals surface area (Å²) in [5, 5.41) is 2.88. The van der Waals surface area contributed by atoms with Crippen molar-refractivity contribution in [2.45, 2.75) is 32.9 Å². The summed E-state index contributed by atoms with van der Waals surface area (Å²) in [5.41, 5.74) is 1.83. The number of likely N-dealkylation sites (N-methyl/N-ethyl adjacent to an activating group) is 1. The number of carbonyl (C=O) groups is 2. The lowest BCUT2D eigenvalue weighted by Crippen LogP contribution is -2.47. The van der Waals surface area contributed by atoms with Crippen molar-refractivity contribution in [1.29, 1.82) is 0 Å². The summed E-state index contributed by atoms with van der Waals surface area (Å²) >= 11 is 0. The van der Waals surface area contributed by atoms with Crippen LogP contribution in [0.3, 0.4) is 0 Å². The summed E-state index contributed by atoms with van der Waals surface area (Å²) in [6.07, 6.45) is 0.352. The highest BCUT2D eigenvalue weighted by Crippen LogP contribution is 2.30. The molecule has 1 aromatic carbocycles. The molecule has 0 unspecified atom stereocenters. The normalized spacial score (nSPS) is 17.0. The second-order valence-electron chi connectivity index (χ2n) is 5.69. The Kier molecular flexibility index (Phi) is 4.19. The van der Waals surface area contributed by atoms with Crippen molar-refractivity contribution < 1.29 is 14.0 Å². The average molecular weight is 312 g/mol. The Labute approximate surface area is 135 Å². The minimum Gasteiger partial charge on any atom is -0.465 e. The molecule has 0 saturated carbocycles. The van der Waals surface area contributed by atoms with Crippen LogP contribution in [0.5, 0.6) is 0 Å². The molecule has 1 aromatic heterocycles. The Hall–Kier alpha value is -2.56. The van der Waals surface area contributed by atoms with Gasteiger partial charge in [0.2, 0.25) is 11.8 Å². The average Bonchev–Trinajstić information content (AvgIpc) is 2.96. The van der Waals surface area contributed by atoms with E-state index in [0.717, 1.165) is 16.9 Å². The molecule has 1 N–H and O–H groups in total. The van der Waals surface area contributed by atoms with E-state index in [1.165, 1.54) is 0 Å². The van der Waals surface area contributed by atoms with E-state index >= 15 is 0 Å². The number of fused-ring (bicyclic) bond motifs is 1. The van der Waals surface area contributed by atoms with Crippen LogP contribution in [0.15, 0.2) is 40.8 Å². The number of nitrogens with one attached hydrogen (secondary N) is 1. The van der Waals surface area contributed by atoms with Crippen LogP contribution in [0, 0.1) is 6.92 Å². The molecule has 1 aliphatic rings. The van der Waals surface area contributed by atoms with Crippen LogP contribution in [0.25, 0.3) is 0 Å². The molecule has 0 spiro atoms. The number of nitrogens with zero attached hydrogens (tertiary/aromatic N) is 1. The fourth-order valence-corrected chi connectivity index (χ4v) is 3.03. The fourth-order valence-electron chi connectivity index (χ4n) is 3.03. The Morgan fingerprint density at radius 3 is 2.78 bits per heavy atom. The van der Waals surface area contributed by atoms with E-state index in [1.807, 2.05) is 50.2 Å². The second kappa shape index (κ2) is 6.28. The first-order valence-corrected chi connectivity index (χ1v) is 7.80. The first-order chi connectivity index (χ1) is 11.1. The van der Waals surface area contributed by atoms with Gasteiger partial charge in [-0.2, -0.15) is 0 Å². The molecule has 2 amide bonds.